The summed E-state index contributed by atoms with van der Waals surface area (Å²) in [6.45, 7) is 20.8. The van der Waals surface area contributed by atoms with Gasteiger partial charge in [0.05, 0.1) is 12.0 Å². The van der Waals surface area contributed by atoms with Gasteiger partial charge in [-0.25, -0.2) is 0 Å². The molecule has 2 saturated carbocycles. The average Bonchev–Trinajstić information content (AvgIpc) is 3.22. The lowest BCUT2D eigenvalue weighted by atomic mass is 9.54. The van der Waals surface area contributed by atoms with Gasteiger partial charge >= 0.3 is 5.97 Å². The number of aliphatic hydroxyl groups excluding tert-OH is 1. The van der Waals surface area contributed by atoms with Crippen molar-refractivity contribution in [3.8, 4) is 0 Å². The van der Waals surface area contributed by atoms with Gasteiger partial charge in [0.1, 0.15) is 6.10 Å². The van der Waals surface area contributed by atoms with Crippen LogP contribution in [0.4, 0.5) is 0 Å². The third kappa shape index (κ3) is 5.12. The third-order valence-electron chi connectivity index (χ3n) is 11.4. The Bertz CT molecular complexity index is 1110. The molecule has 0 radical (unpaired) electrons. The van der Waals surface area contributed by atoms with E-state index in [0.29, 0.717) is 29.9 Å². The van der Waals surface area contributed by atoms with Crippen molar-refractivity contribution in [3.05, 3.63) is 35.1 Å². The lowest BCUT2D eigenvalue weighted by molar-refractivity contribution is -0.157. The van der Waals surface area contributed by atoms with Crippen LogP contribution in [0.25, 0.3) is 0 Å². The number of hydrogen-bond donors (Lipinski definition) is 3. The Labute approximate surface area is 241 Å². The summed E-state index contributed by atoms with van der Waals surface area (Å²) in [5, 5.41) is 33.3. The number of carbonyl (C=O) groups is 2. The molecule has 4 rings (SSSR count). The standard InChI is InChI=1S/C34H52O6/c1-10-19(4)14-33(9,38)17-28(35)40-27-16-32(8)15-24-20(5)11-12-25-21(6)30(36)31(37)34(25,39)22(7)23(24)13-26(32)29(27)18(2)3/h11,18-19,23-27,29,36,38-39H,7,10,12-17H2,1-6,8-9H3/b20-11-/t19-,23+,24+,25-,26-,27+,29+,32-,33+,34+/m0/s1. The van der Waals surface area contributed by atoms with Crippen molar-refractivity contribution < 1.29 is 29.6 Å². The van der Waals surface area contributed by atoms with Crippen molar-refractivity contribution in [2.45, 2.75) is 118 Å². The van der Waals surface area contributed by atoms with Crippen molar-refractivity contribution in [2.75, 3.05) is 0 Å². The fraction of sp³-hybridized carbons (Fsp3) is 0.765. The molecule has 0 spiro atoms. The normalized spacial score (nSPS) is 41.3. The number of Topliss-reactive ketones (excluding diaryl/α,β-unsaturated/α-hetero) is 1. The molecule has 224 valence electrons. The predicted octanol–water partition coefficient (Wildman–Crippen LogP) is 6.47. The molecular formula is C34H52O6. The predicted molar refractivity (Wildman–Crippen MR) is 156 cm³/mol. The fourth-order valence-electron chi connectivity index (χ4n) is 9.05. The van der Waals surface area contributed by atoms with E-state index in [1.54, 1.807) is 13.8 Å². The molecule has 0 aliphatic heterocycles. The van der Waals surface area contributed by atoms with Gasteiger partial charge in [0.2, 0.25) is 5.78 Å². The Morgan fingerprint density at radius 1 is 1.23 bits per heavy atom. The molecule has 0 amide bonds. The van der Waals surface area contributed by atoms with Gasteiger partial charge in [0.15, 0.2) is 11.4 Å². The molecule has 4 aliphatic carbocycles. The van der Waals surface area contributed by atoms with E-state index in [-0.39, 0.29) is 59.3 Å². The van der Waals surface area contributed by atoms with Crippen molar-refractivity contribution in [3.63, 3.8) is 0 Å². The second kappa shape index (κ2) is 10.7. The van der Waals surface area contributed by atoms with Crippen molar-refractivity contribution in [2.24, 2.45) is 46.8 Å². The van der Waals surface area contributed by atoms with E-state index in [0.717, 1.165) is 25.7 Å². The van der Waals surface area contributed by atoms with Gasteiger partial charge in [-0.05, 0) is 99.0 Å². The highest BCUT2D eigenvalue weighted by Crippen LogP contribution is 2.63. The second-order valence-corrected chi connectivity index (χ2v) is 14.7. The molecule has 0 unspecified atom stereocenters. The van der Waals surface area contributed by atoms with Crippen LogP contribution in [0.3, 0.4) is 0 Å². The number of rotatable bonds is 7. The van der Waals surface area contributed by atoms with E-state index in [1.807, 2.05) is 0 Å². The molecular weight excluding hydrogens is 504 g/mol. The number of allylic oxidation sites excluding steroid dienone is 2. The summed E-state index contributed by atoms with van der Waals surface area (Å²) in [5.74, 6) is -0.864. The molecule has 6 nitrogen and oxygen atoms in total. The molecule has 2 fully saturated rings. The summed E-state index contributed by atoms with van der Waals surface area (Å²) in [6.07, 6.45) is 6.23. The fourth-order valence-corrected chi connectivity index (χ4v) is 9.05. The Hall–Kier alpha value is -1.92. The van der Waals surface area contributed by atoms with E-state index < -0.39 is 22.9 Å². The van der Waals surface area contributed by atoms with Crippen LogP contribution in [-0.4, -0.2) is 44.4 Å². The number of ether oxygens (including phenoxy) is 1. The SMILES string of the molecule is C=C1[C@H]2C[C@H]3[C@@H](C(C)C)[C@H](OC(=O)C[C@](C)(O)C[C@@H](C)CC)C[C@]3(C)C[C@@H]2/C(C)=C\C[C@H]2C(C)=C(O)C(=O)[C@@]12O. The van der Waals surface area contributed by atoms with Crippen LogP contribution in [0.1, 0.15) is 100 Å². The maximum atomic E-state index is 13.2. The van der Waals surface area contributed by atoms with Crippen molar-refractivity contribution in [1.29, 1.82) is 0 Å². The first-order valence-corrected chi connectivity index (χ1v) is 15.4. The molecule has 0 aromatic carbocycles. The first-order valence-electron chi connectivity index (χ1n) is 15.4. The molecule has 0 aromatic heterocycles. The number of ketones is 1. The maximum Gasteiger partial charge on any atom is 0.308 e. The van der Waals surface area contributed by atoms with E-state index in [2.05, 4.69) is 54.2 Å². The van der Waals surface area contributed by atoms with Crippen LogP contribution < -0.4 is 0 Å². The largest absolute Gasteiger partial charge is 0.504 e. The zero-order valence-corrected chi connectivity index (χ0v) is 25.9. The summed E-state index contributed by atoms with van der Waals surface area (Å²) >= 11 is 0. The number of esters is 1. The zero-order valence-electron chi connectivity index (χ0n) is 25.9. The summed E-state index contributed by atoms with van der Waals surface area (Å²) in [4.78, 5) is 26.4. The molecule has 0 saturated heterocycles. The van der Waals surface area contributed by atoms with Gasteiger partial charge in [0.25, 0.3) is 0 Å². The first-order chi connectivity index (χ1) is 18.5. The second-order valence-electron chi connectivity index (χ2n) is 14.7. The van der Waals surface area contributed by atoms with Crippen LogP contribution in [-0.2, 0) is 14.3 Å². The third-order valence-corrected chi connectivity index (χ3v) is 11.4. The van der Waals surface area contributed by atoms with E-state index >= 15 is 0 Å². The summed E-state index contributed by atoms with van der Waals surface area (Å²) in [7, 11) is 0. The zero-order chi connectivity index (χ0) is 29.9. The van der Waals surface area contributed by atoms with Gasteiger partial charge in [-0.15, -0.1) is 0 Å². The Kier molecular flexibility index (Phi) is 8.32. The molecule has 0 bridgehead atoms. The highest BCUT2D eigenvalue weighted by atomic mass is 16.5. The Morgan fingerprint density at radius 3 is 2.48 bits per heavy atom. The first kappa shape index (κ1) is 31.0. The van der Waals surface area contributed by atoms with Gasteiger partial charge in [0, 0.05) is 11.8 Å². The maximum absolute atomic E-state index is 13.2. The van der Waals surface area contributed by atoms with Crippen molar-refractivity contribution >= 4 is 11.8 Å². The van der Waals surface area contributed by atoms with Crippen LogP contribution in [0.5, 0.6) is 0 Å². The van der Waals surface area contributed by atoms with E-state index in [1.165, 1.54) is 5.57 Å². The van der Waals surface area contributed by atoms with Crippen LogP contribution in [0.2, 0.25) is 0 Å². The lowest BCUT2D eigenvalue weighted by Crippen LogP contribution is -2.50. The van der Waals surface area contributed by atoms with Crippen LogP contribution >= 0.6 is 0 Å². The van der Waals surface area contributed by atoms with Gasteiger partial charge in [-0.3, -0.25) is 9.59 Å². The quantitative estimate of drug-likeness (QED) is 0.245. The summed E-state index contributed by atoms with van der Waals surface area (Å²) in [5.41, 5.74) is -0.670. The number of aliphatic hydroxyl groups is 3. The summed E-state index contributed by atoms with van der Waals surface area (Å²) in [6, 6.07) is 0. The minimum Gasteiger partial charge on any atom is -0.504 e. The van der Waals surface area contributed by atoms with Crippen LogP contribution in [0.15, 0.2) is 35.1 Å². The molecule has 0 heterocycles. The topological polar surface area (TPSA) is 104 Å². The molecule has 6 heteroatoms. The highest BCUT2D eigenvalue weighted by Gasteiger charge is 2.62. The van der Waals surface area contributed by atoms with Gasteiger partial charge in [-0.2, -0.15) is 0 Å². The molecule has 3 N–H and O–H groups in total. The summed E-state index contributed by atoms with van der Waals surface area (Å²) < 4.78 is 6.21. The minimum atomic E-state index is -1.79. The van der Waals surface area contributed by atoms with Crippen LogP contribution in [0, 0.1) is 46.8 Å². The number of fused-ring (bicyclic) bond motifs is 3. The van der Waals surface area contributed by atoms with Gasteiger partial charge in [-0.1, -0.05) is 59.3 Å². The van der Waals surface area contributed by atoms with Crippen molar-refractivity contribution in [1.82, 2.24) is 0 Å². The molecule has 0 aromatic rings. The number of hydrogen-bond acceptors (Lipinski definition) is 6. The smallest absolute Gasteiger partial charge is 0.308 e. The number of carbonyl (C=O) groups excluding carboxylic acids is 2. The Morgan fingerprint density at radius 2 is 1.88 bits per heavy atom. The van der Waals surface area contributed by atoms with Gasteiger partial charge < -0.3 is 20.1 Å². The monoisotopic (exact) mass is 556 g/mol. The molecule has 4 aliphatic rings. The van der Waals surface area contributed by atoms with E-state index in [4.69, 9.17) is 4.74 Å². The Balaban J connectivity index is 1.61. The van der Waals surface area contributed by atoms with E-state index in [9.17, 15) is 24.9 Å². The minimum absolute atomic E-state index is 0.0175. The molecule has 40 heavy (non-hydrogen) atoms. The highest BCUT2D eigenvalue weighted by molar-refractivity contribution is 6.06. The molecule has 10 atom stereocenters. The lowest BCUT2D eigenvalue weighted by Gasteiger charge is -2.51. The average molecular weight is 557 g/mol.